The van der Waals surface area contributed by atoms with Gasteiger partial charge in [0.25, 0.3) is 0 Å². The zero-order chi connectivity index (χ0) is 13.8. The summed E-state index contributed by atoms with van der Waals surface area (Å²) < 4.78 is 1.55. The van der Waals surface area contributed by atoms with E-state index in [1.54, 1.807) is 4.68 Å². The number of aromatic nitrogens is 4. The summed E-state index contributed by atoms with van der Waals surface area (Å²) in [5.74, 6) is -0.164. The lowest BCUT2D eigenvalue weighted by molar-refractivity contribution is -0.137. The van der Waals surface area contributed by atoms with Gasteiger partial charge < -0.3 is 5.11 Å². The zero-order valence-corrected chi connectivity index (χ0v) is 11.0. The topological polar surface area (TPSA) is 80.9 Å². The van der Waals surface area contributed by atoms with E-state index in [1.165, 1.54) is 11.1 Å². The molecule has 2 aromatic rings. The van der Waals surface area contributed by atoms with Crippen LogP contribution in [0.5, 0.6) is 0 Å². The van der Waals surface area contributed by atoms with Gasteiger partial charge in [0.2, 0.25) is 0 Å². The highest BCUT2D eigenvalue weighted by molar-refractivity contribution is 5.66. The van der Waals surface area contributed by atoms with Gasteiger partial charge in [-0.15, -0.1) is 5.10 Å². The summed E-state index contributed by atoms with van der Waals surface area (Å²) in [5.41, 5.74) is 3.52. The zero-order valence-electron chi connectivity index (χ0n) is 11.0. The quantitative estimate of drug-likeness (QED) is 0.877. The summed E-state index contributed by atoms with van der Waals surface area (Å²) >= 11 is 0. The van der Waals surface area contributed by atoms with Crippen LogP contribution in [0.1, 0.15) is 28.9 Å². The van der Waals surface area contributed by atoms with Crippen molar-refractivity contribution in [2.45, 2.75) is 33.2 Å². The first kappa shape index (κ1) is 13.2. The van der Waals surface area contributed by atoms with Crippen molar-refractivity contribution < 1.29 is 9.90 Å². The van der Waals surface area contributed by atoms with Gasteiger partial charge in [-0.25, -0.2) is 4.68 Å². The molecule has 0 bridgehead atoms. The molecule has 1 aromatic heterocycles. The largest absolute Gasteiger partial charge is 0.481 e. The lowest BCUT2D eigenvalue weighted by Crippen LogP contribution is -2.10. The third-order valence-electron chi connectivity index (χ3n) is 3.00. The molecule has 0 radical (unpaired) electrons. The van der Waals surface area contributed by atoms with Gasteiger partial charge in [-0.3, -0.25) is 4.79 Å². The first-order valence-corrected chi connectivity index (χ1v) is 6.09. The van der Waals surface area contributed by atoms with Crippen LogP contribution in [0.15, 0.2) is 18.2 Å². The van der Waals surface area contributed by atoms with Crippen molar-refractivity contribution in [3.05, 3.63) is 40.7 Å². The summed E-state index contributed by atoms with van der Waals surface area (Å²) in [6.07, 6.45) is 0.630. The summed E-state index contributed by atoms with van der Waals surface area (Å²) in [4.78, 5) is 10.6. The van der Waals surface area contributed by atoms with Crippen LogP contribution in [0.4, 0.5) is 0 Å². The highest BCUT2D eigenvalue weighted by Gasteiger charge is 2.10. The molecule has 19 heavy (non-hydrogen) atoms. The molecule has 100 valence electrons. The van der Waals surface area contributed by atoms with Gasteiger partial charge in [-0.1, -0.05) is 23.8 Å². The van der Waals surface area contributed by atoms with E-state index in [0.717, 1.165) is 5.56 Å². The Morgan fingerprint density at radius 1 is 1.37 bits per heavy atom. The third-order valence-corrected chi connectivity index (χ3v) is 3.00. The second-order valence-electron chi connectivity index (χ2n) is 4.57. The smallest absolute Gasteiger partial charge is 0.305 e. The van der Waals surface area contributed by atoms with Crippen LogP contribution < -0.4 is 0 Å². The summed E-state index contributed by atoms with van der Waals surface area (Å²) in [7, 11) is 0. The molecule has 2 rings (SSSR count). The molecule has 6 heteroatoms. The SMILES string of the molecule is Cc1ccc(C)c(Cc2nnnn2CCC(=O)O)c1. The second kappa shape index (κ2) is 5.60. The van der Waals surface area contributed by atoms with Crippen molar-refractivity contribution in [3.8, 4) is 0 Å². The monoisotopic (exact) mass is 260 g/mol. The molecule has 0 atom stereocenters. The maximum absolute atomic E-state index is 10.6. The molecule has 0 amide bonds. The normalized spacial score (nSPS) is 10.6. The first-order chi connectivity index (χ1) is 9.06. The van der Waals surface area contributed by atoms with Crippen LogP contribution >= 0.6 is 0 Å². The predicted octanol–water partition coefficient (Wildman–Crippen LogP) is 1.36. The van der Waals surface area contributed by atoms with Crippen LogP contribution in [0.2, 0.25) is 0 Å². The Morgan fingerprint density at radius 3 is 2.89 bits per heavy atom. The van der Waals surface area contributed by atoms with Crippen LogP contribution in [0.3, 0.4) is 0 Å². The van der Waals surface area contributed by atoms with E-state index in [0.29, 0.717) is 18.8 Å². The number of benzene rings is 1. The number of aliphatic carboxylic acids is 1. The van der Waals surface area contributed by atoms with E-state index >= 15 is 0 Å². The number of hydrogen-bond donors (Lipinski definition) is 1. The van der Waals surface area contributed by atoms with Gasteiger partial charge in [0, 0.05) is 6.42 Å². The molecule has 0 unspecified atom stereocenters. The number of hydrogen-bond acceptors (Lipinski definition) is 4. The van der Waals surface area contributed by atoms with Gasteiger partial charge in [-0.05, 0) is 35.4 Å². The molecule has 6 nitrogen and oxygen atoms in total. The minimum absolute atomic E-state index is 0.0187. The predicted molar refractivity (Wildman–Crippen MR) is 68.8 cm³/mol. The summed E-state index contributed by atoms with van der Waals surface area (Å²) in [6.45, 7) is 4.37. The van der Waals surface area contributed by atoms with Gasteiger partial charge in [-0.2, -0.15) is 0 Å². The van der Waals surface area contributed by atoms with Crippen molar-refractivity contribution in [1.82, 2.24) is 20.2 Å². The maximum atomic E-state index is 10.6. The lowest BCUT2D eigenvalue weighted by atomic mass is 10.0. The molecule has 1 heterocycles. The standard InChI is InChI=1S/C13H16N4O2/c1-9-3-4-10(2)11(7-9)8-12-14-15-16-17(12)6-5-13(18)19/h3-4,7H,5-6,8H2,1-2H3,(H,18,19). The van der Waals surface area contributed by atoms with Crippen LogP contribution in [-0.4, -0.2) is 31.3 Å². The maximum Gasteiger partial charge on any atom is 0.305 e. The fraction of sp³-hybridized carbons (Fsp3) is 0.385. The number of carboxylic acids is 1. The molecule has 1 N–H and O–H groups in total. The van der Waals surface area contributed by atoms with Crippen LogP contribution in [0.25, 0.3) is 0 Å². The third kappa shape index (κ3) is 3.37. The van der Waals surface area contributed by atoms with E-state index in [1.807, 2.05) is 13.8 Å². The Morgan fingerprint density at radius 2 is 2.16 bits per heavy atom. The van der Waals surface area contributed by atoms with E-state index in [9.17, 15) is 4.79 Å². The first-order valence-electron chi connectivity index (χ1n) is 6.09. The minimum atomic E-state index is -0.854. The van der Waals surface area contributed by atoms with Crippen LogP contribution in [-0.2, 0) is 17.8 Å². The Labute approximate surface area is 111 Å². The van der Waals surface area contributed by atoms with Crippen molar-refractivity contribution in [2.24, 2.45) is 0 Å². The van der Waals surface area contributed by atoms with E-state index in [4.69, 9.17) is 5.11 Å². The summed E-state index contributed by atoms with van der Waals surface area (Å²) in [5, 5.41) is 20.1. The lowest BCUT2D eigenvalue weighted by Gasteiger charge is -2.07. The van der Waals surface area contributed by atoms with E-state index < -0.39 is 5.97 Å². The van der Waals surface area contributed by atoms with E-state index in [-0.39, 0.29) is 6.42 Å². The fourth-order valence-corrected chi connectivity index (χ4v) is 1.89. The minimum Gasteiger partial charge on any atom is -0.481 e. The van der Waals surface area contributed by atoms with Crippen molar-refractivity contribution >= 4 is 5.97 Å². The molecule has 0 fully saturated rings. The second-order valence-corrected chi connectivity index (χ2v) is 4.57. The van der Waals surface area contributed by atoms with Crippen molar-refractivity contribution in [1.29, 1.82) is 0 Å². The van der Waals surface area contributed by atoms with Crippen LogP contribution in [0, 0.1) is 13.8 Å². The molecule has 0 saturated carbocycles. The summed E-state index contributed by atoms with van der Waals surface area (Å²) in [6, 6.07) is 6.23. The Kier molecular flexibility index (Phi) is 3.89. The number of carbonyl (C=O) groups is 1. The molecule has 1 aromatic carbocycles. The molecule has 0 saturated heterocycles. The van der Waals surface area contributed by atoms with Gasteiger partial charge in [0.05, 0.1) is 13.0 Å². The number of aryl methyl sites for hydroxylation is 3. The Bertz CT molecular complexity index is 592. The fourth-order valence-electron chi connectivity index (χ4n) is 1.89. The Balaban J connectivity index is 2.17. The molecule has 0 spiro atoms. The molecular formula is C13H16N4O2. The van der Waals surface area contributed by atoms with E-state index in [2.05, 4.69) is 33.7 Å². The number of carboxylic acid groups (broad SMARTS) is 1. The van der Waals surface area contributed by atoms with Crippen molar-refractivity contribution in [2.75, 3.05) is 0 Å². The number of nitrogens with zero attached hydrogens (tertiary/aromatic N) is 4. The molecule has 0 aliphatic carbocycles. The van der Waals surface area contributed by atoms with Gasteiger partial charge >= 0.3 is 5.97 Å². The molecular weight excluding hydrogens is 244 g/mol. The van der Waals surface area contributed by atoms with Gasteiger partial charge in [0.15, 0.2) is 5.82 Å². The highest BCUT2D eigenvalue weighted by Crippen LogP contribution is 2.14. The highest BCUT2D eigenvalue weighted by atomic mass is 16.4. The average Bonchev–Trinajstić information content (AvgIpc) is 2.79. The molecule has 0 aliphatic rings. The molecule has 0 aliphatic heterocycles. The van der Waals surface area contributed by atoms with Gasteiger partial charge in [0.1, 0.15) is 0 Å². The number of rotatable bonds is 5. The average molecular weight is 260 g/mol. The number of tetrazole rings is 1. The van der Waals surface area contributed by atoms with Crippen molar-refractivity contribution in [3.63, 3.8) is 0 Å². The Hall–Kier alpha value is -2.24.